The van der Waals surface area contributed by atoms with Crippen molar-refractivity contribution < 1.29 is 4.79 Å². The molecule has 1 amide bonds. The Morgan fingerprint density at radius 2 is 2.00 bits per heavy atom. The van der Waals surface area contributed by atoms with E-state index in [-0.39, 0.29) is 34.9 Å². The van der Waals surface area contributed by atoms with E-state index in [1.165, 1.54) is 6.33 Å². The van der Waals surface area contributed by atoms with Crippen LogP contribution in [0.2, 0.25) is 10.3 Å². The number of nitrogens with one attached hydrogen (secondary N) is 1. The maximum atomic E-state index is 11.2. The highest BCUT2D eigenvalue weighted by molar-refractivity contribution is 6.38. The van der Waals surface area contributed by atoms with E-state index in [4.69, 9.17) is 28.9 Å². The summed E-state index contributed by atoms with van der Waals surface area (Å²) in [5, 5.41) is 2.69. The van der Waals surface area contributed by atoms with Crippen LogP contribution >= 0.6 is 23.2 Å². The van der Waals surface area contributed by atoms with Gasteiger partial charge < -0.3 is 11.1 Å². The molecule has 0 aliphatic heterocycles. The number of hydrogen-bond donors (Lipinski definition) is 2. The van der Waals surface area contributed by atoms with Crippen LogP contribution in [-0.4, -0.2) is 22.4 Å². The lowest BCUT2D eigenvalue weighted by Gasteiger charge is -2.06. The predicted octanol–water partition coefficient (Wildman–Crippen LogP) is 1.07. The van der Waals surface area contributed by atoms with Crippen LogP contribution in [0.25, 0.3) is 0 Å². The fraction of sp³-hybridized carbons (Fsp3) is 0.286. The van der Waals surface area contributed by atoms with E-state index in [1.54, 1.807) is 0 Å². The van der Waals surface area contributed by atoms with Crippen molar-refractivity contribution in [2.75, 3.05) is 11.9 Å². The van der Waals surface area contributed by atoms with Gasteiger partial charge in [0.1, 0.15) is 12.0 Å². The van der Waals surface area contributed by atoms with Gasteiger partial charge in [0.15, 0.2) is 10.3 Å². The Morgan fingerprint density at radius 1 is 1.43 bits per heavy atom. The lowest BCUT2D eigenvalue weighted by atomic mass is 10.4. The van der Waals surface area contributed by atoms with Crippen molar-refractivity contribution in [3.05, 3.63) is 16.6 Å². The number of carbonyl (C=O) groups is 1. The smallest absolute Gasteiger partial charge is 0.225 e. The molecule has 14 heavy (non-hydrogen) atoms. The highest BCUT2D eigenvalue weighted by Gasteiger charge is 2.10. The van der Waals surface area contributed by atoms with E-state index < -0.39 is 0 Å². The number of aromatic nitrogens is 2. The van der Waals surface area contributed by atoms with Gasteiger partial charge in [-0.2, -0.15) is 0 Å². The fourth-order valence-corrected chi connectivity index (χ4v) is 1.19. The van der Waals surface area contributed by atoms with Gasteiger partial charge >= 0.3 is 0 Å². The van der Waals surface area contributed by atoms with Gasteiger partial charge in [0.05, 0.1) is 0 Å². The number of rotatable bonds is 3. The first-order chi connectivity index (χ1) is 6.65. The molecule has 1 heterocycles. The molecule has 0 bridgehead atoms. The topological polar surface area (TPSA) is 80.9 Å². The Bertz CT molecular complexity index is 324. The summed E-state index contributed by atoms with van der Waals surface area (Å²) in [6, 6.07) is 0. The Morgan fingerprint density at radius 3 is 2.50 bits per heavy atom. The summed E-state index contributed by atoms with van der Waals surface area (Å²) >= 11 is 11.4. The van der Waals surface area contributed by atoms with Gasteiger partial charge in [0.25, 0.3) is 0 Å². The predicted molar refractivity (Wildman–Crippen MR) is 54.4 cm³/mol. The third-order valence-corrected chi connectivity index (χ3v) is 1.96. The molecule has 7 heteroatoms. The summed E-state index contributed by atoms with van der Waals surface area (Å²) in [4.78, 5) is 18.5. The van der Waals surface area contributed by atoms with Crippen molar-refractivity contribution in [2.45, 2.75) is 6.42 Å². The molecule has 0 aliphatic rings. The quantitative estimate of drug-likeness (QED) is 0.768. The van der Waals surface area contributed by atoms with Crippen LogP contribution in [0, 0.1) is 0 Å². The Hall–Kier alpha value is -0.910. The summed E-state index contributed by atoms with van der Waals surface area (Å²) in [7, 11) is 0. The van der Waals surface area contributed by atoms with E-state index in [1.807, 2.05) is 0 Å². The van der Waals surface area contributed by atoms with Gasteiger partial charge in [-0.3, -0.25) is 4.79 Å². The molecule has 0 saturated heterocycles. The van der Waals surface area contributed by atoms with Gasteiger partial charge in [0.2, 0.25) is 5.91 Å². The monoisotopic (exact) mass is 234 g/mol. The molecule has 1 rings (SSSR count). The highest BCUT2D eigenvalue weighted by atomic mass is 35.5. The molecule has 76 valence electrons. The molecule has 0 atom stereocenters. The van der Waals surface area contributed by atoms with Crippen LogP contribution in [0.15, 0.2) is 6.33 Å². The first-order valence-corrected chi connectivity index (χ1v) is 4.56. The van der Waals surface area contributed by atoms with Crippen LogP contribution in [-0.2, 0) is 4.79 Å². The maximum absolute atomic E-state index is 11.2. The molecular formula is C7H8Cl2N4O. The standard InChI is InChI=1S/C7H8Cl2N4O/c8-6-5(7(9)12-3-11-6)13-4(14)1-2-10/h3H,1-2,10H2,(H,13,14). The van der Waals surface area contributed by atoms with E-state index in [0.29, 0.717) is 0 Å². The highest BCUT2D eigenvalue weighted by Crippen LogP contribution is 2.25. The van der Waals surface area contributed by atoms with E-state index >= 15 is 0 Å². The van der Waals surface area contributed by atoms with Crippen molar-refractivity contribution in [3.8, 4) is 0 Å². The van der Waals surface area contributed by atoms with Gasteiger partial charge in [0, 0.05) is 13.0 Å². The lowest BCUT2D eigenvalue weighted by Crippen LogP contribution is -2.17. The SMILES string of the molecule is NCCC(=O)Nc1c(Cl)ncnc1Cl. The Labute approximate surface area is 90.6 Å². The number of nitrogens with two attached hydrogens (primary N) is 1. The van der Waals surface area contributed by atoms with Crippen LogP contribution in [0.4, 0.5) is 5.69 Å². The van der Waals surface area contributed by atoms with Crippen LogP contribution in [0.1, 0.15) is 6.42 Å². The molecule has 0 unspecified atom stereocenters. The third-order valence-electron chi connectivity index (χ3n) is 1.39. The average Bonchev–Trinajstić information content (AvgIpc) is 2.12. The summed E-state index contributed by atoms with van der Waals surface area (Å²) in [5.41, 5.74) is 5.42. The molecular weight excluding hydrogens is 227 g/mol. The van der Waals surface area contributed by atoms with Crippen molar-refractivity contribution in [2.24, 2.45) is 5.73 Å². The number of anilines is 1. The minimum Gasteiger partial charge on any atom is -0.330 e. The van der Waals surface area contributed by atoms with E-state index in [0.717, 1.165) is 0 Å². The second-order valence-corrected chi connectivity index (χ2v) is 3.13. The van der Waals surface area contributed by atoms with Gasteiger partial charge in [-0.1, -0.05) is 23.2 Å². The molecule has 5 nitrogen and oxygen atoms in total. The molecule has 0 fully saturated rings. The number of amides is 1. The summed E-state index contributed by atoms with van der Waals surface area (Å²) in [6.45, 7) is 0.259. The molecule has 0 aromatic carbocycles. The maximum Gasteiger partial charge on any atom is 0.225 e. The minimum absolute atomic E-state index is 0.107. The van der Waals surface area contributed by atoms with Gasteiger partial charge in [-0.15, -0.1) is 0 Å². The van der Waals surface area contributed by atoms with Crippen LogP contribution in [0.3, 0.4) is 0 Å². The van der Waals surface area contributed by atoms with Crippen molar-refractivity contribution in [3.63, 3.8) is 0 Å². The first kappa shape index (κ1) is 11.2. The molecule has 0 radical (unpaired) electrons. The molecule has 0 spiro atoms. The second-order valence-electron chi connectivity index (χ2n) is 2.42. The largest absolute Gasteiger partial charge is 0.330 e. The fourth-order valence-electron chi connectivity index (χ4n) is 0.781. The third kappa shape index (κ3) is 2.80. The first-order valence-electron chi connectivity index (χ1n) is 3.81. The number of hydrogen-bond acceptors (Lipinski definition) is 4. The zero-order chi connectivity index (χ0) is 10.6. The summed E-state index contributed by atoms with van der Waals surface area (Å²) in [6.07, 6.45) is 1.41. The Kier molecular flexibility index (Phi) is 4.06. The van der Waals surface area contributed by atoms with Crippen LogP contribution < -0.4 is 11.1 Å². The van der Waals surface area contributed by atoms with Gasteiger partial charge in [-0.05, 0) is 0 Å². The molecule has 0 aliphatic carbocycles. The number of nitrogens with zero attached hydrogens (tertiary/aromatic N) is 2. The average molecular weight is 235 g/mol. The molecule has 3 N–H and O–H groups in total. The molecule has 1 aromatic rings. The lowest BCUT2D eigenvalue weighted by molar-refractivity contribution is -0.116. The van der Waals surface area contributed by atoms with Crippen molar-refractivity contribution in [1.82, 2.24) is 9.97 Å². The second kappa shape index (κ2) is 5.09. The summed E-state index contributed by atoms with van der Waals surface area (Å²) < 4.78 is 0. The molecule has 0 saturated carbocycles. The minimum atomic E-state index is -0.272. The normalized spacial score (nSPS) is 9.93. The number of carbonyl (C=O) groups excluding carboxylic acids is 1. The Balaban J connectivity index is 2.80. The number of halogens is 2. The van der Waals surface area contributed by atoms with E-state index in [2.05, 4.69) is 15.3 Å². The van der Waals surface area contributed by atoms with Crippen molar-refractivity contribution in [1.29, 1.82) is 0 Å². The zero-order valence-corrected chi connectivity index (χ0v) is 8.64. The summed E-state index contributed by atoms with van der Waals surface area (Å²) in [5.74, 6) is -0.272. The van der Waals surface area contributed by atoms with E-state index in [9.17, 15) is 4.79 Å². The molecule has 1 aromatic heterocycles. The van der Waals surface area contributed by atoms with Gasteiger partial charge in [-0.25, -0.2) is 9.97 Å². The zero-order valence-electron chi connectivity index (χ0n) is 7.13. The van der Waals surface area contributed by atoms with Crippen LogP contribution in [0.5, 0.6) is 0 Å². The van der Waals surface area contributed by atoms with Crippen molar-refractivity contribution >= 4 is 34.8 Å².